The van der Waals surface area contributed by atoms with Crippen LogP contribution in [0.3, 0.4) is 0 Å². The topological polar surface area (TPSA) is 41.5 Å². The lowest BCUT2D eigenvalue weighted by molar-refractivity contribution is 0.103. The second kappa shape index (κ2) is 7.34. The molecule has 0 spiro atoms. The average molecular weight is 243 g/mol. The highest BCUT2D eigenvalue weighted by Crippen LogP contribution is 2.32. The van der Waals surface area contributed by atoms with E-state index in [4.69, 9.17) is 4.74 Å². The van der Waals surface area contributed by atoms with Gasteiger partial charge in [-0.1, -0.05) is 26.7 Å². The van der Waals surface area contributed by atoms with E-state index in [1.807, 2.05) is 0 Å². The maximum absolute atomic E-state index is 9.41. The van der Waals surface area contributed by atoms with Gasteiger partial charge in [0.25, 0.3) is 0 Å². The van der Waals surface area contributed by atoms with Gasteiger partial charge in [-0.05, 0) is 32.1 Å². The van der Waals surface area contributed by atoms with Crippen LogP contribution in [0, 0.1) is 5.92 Å². The van der Waals surface area contributed by atoms with Crippen LogP contribution in [-0.4, -0.2) is 36.5 Å². The van der Waals surface area contributed by atoms with Crippen molar-refractivity contribution >= 4 is 0 Å². The molecule has 1 fully saturated rings. The maximum Gasteiger partial charge on any atom is 0.0610 e. The van der Waals surface area contributed by atoms with Crippen molar-refractivity contribution in [1.29, 1.82) is 0 Å². The van der Waals surface area contributed by atoms with Crippen molar-refractivity contribution in [2.24, 2.45) is 5.92 Å². The summed E-state index contributed by atoms with van der Waals surface area (Å²) in [7, 11) is 0. The number of aliphatic hydroxyl groups is 1. The van der Waals surface area contributed by atoms with E-state index in [9.17, 15) is 5.11 Å². The Balaban J connectivity index is 2.01. The van der Waals surface area contributed by atoms with E-state index in [2.05, 4.69) is 26.1 Å². The SMILES string of the molecule is CC(C)NC(C)(CO)CCCOCCC1CC1. The minimum atomic E-state index is -0.159. The Morgan fingerprint density at radius 3 is 2.59 bits per heavy atom. The fraction of sp³-hybridized carbons (Fsp3) is 1.00. The van der Waals surface area contributed by atoms with Crippen LogP contribution in [0.5, 0.6) is 0 Å². The zero-order valence-corrected chi connectivity index (χ0v) is 11.7. The number of aliphatic hydroxyl groups excluding tert-OH is 1. The highest BCUT2D eigenvalue weighted by molar-refractivity contribution is 4.83. The normalized spacial score (nSPS) is 19.6. The first-order chi connectivity index (χ1) is 8.06. The quantitative estimate of drug-likeness (QED) is 0.579. The molecule has 1 atom stereocenters. The number of rotatable bonds is 10. The summed E-state index contributed by atoms with van der Waals surface area (Å²) in [6.45, 7) is 8.23. The predicted octanol–water partition coefficient (Wildman–Crippen LogP) is 2.33. The average Bonchev–Trinajstić information content (AvgIpc) is 3.06. The Kier molecular flexibility index (Phi) is 6.45. The molecule has 17 heavy (non-hydrogen) atoms. The lowest BCUT2D eigenvalue weighted by atomic mass is 9.96. The van der Waals surface area contributed by atoms with Crippen LogP contribution >= 0.6 is 0 Å². The third kappa shape index (κ3) is 7.02. The molecule has 0 amide bonds. The first-order valence-electron chi connectivity index (χ1n) is 7.02. The molecule has 3 heteroatoms. The molecule has 3 nitrogen and oxygen atoms in total. The van der Waals surface area contributed by atoms with Crippen LogP contribution in [0.1, 0.15) is 52.9 Å². The number of hydrogen-bond donors (Lipinski definition) is 2. The van der Waals surface area contributed by atoms with Gasteiger partial charge in [-0.2, -0.15) is 0 Å². The van der Waals surface area contributed by atoms with Crippen molar-refractivity contribution in [1.82, 2.24) is 5.32 Å². The highest BCUT2D eigenvalue weighted by Gasteiger charge is 2.23. The van der Waals surface area contributed by atoms with E-state index in [1.165, 1.54) is 19.3 Å². The van der Waals surface area contributed by atoms with E-state index >= 15 is 0 Å². The molecule has 0 saturated heterocycles. The van der Waals surface area contributed by atoms with Crippen LogP contribution in [0.15, 0.2) is 0 Å². The van der Waals surface area contributed by atoms with Gasteiger partial charge in [-0.3, -0.25) is 0 Å². The van der Waals surface area contributed by atoms with E-state index < -0.39 is 0 Å². The molecule has 0 bridgehead atoms. The smallest absolute Gasteiger partial charge is 0.0610 e. The van der Waals surface area contributed by atoms with E-state index in [-0.39, 0.29) is 12.1 Å². The molecule has 1 rings (SSSR count). The fourth-order valence-electron chi connectivity index (χ4n) is 2.22. The molecule has 102 valence electrons. The van der Waals surface area contributed by atoms with Crippen LogP contribution in [0.2, 0.25) is 0 Å². The van der Waals surface area contributed by atoms with Gasteiger partial charge in [-0.25, -0.2) is 0 Å². The standard InChI is InChI=1S/C14H29NO2/c1-12(2)15-14(3,11-16)8-4-9-17-10-7-13-5-6-13/h12-13,15-16H,4-11H2,1-3H3. The molecule has 0 aromatic carbocycles. The minimum Gasteiger partial charge on any atom is -0.394 e. The second-order valence-electron chi connectivity index (χ2n) is 5.97. The van der Waals surface area contributed by atoms with Crippen LogP contribution in [0.4, 0.5) is 0 Å². The summed E-state index contributed by atoms with van der Waals surface area (Å²) >= 11 is 0. The summed E-state index contributed by atoms with van der Waals surface area (Å²) in [5.41, 5.74) is -0.159. The molecule has 1 saturated carbocycles. The third-order valence-corrected chi connectivity index (χ3v) is 3.37. The number of hydrogen-bond acceptors (Lipinski definition) is 3. The lowest BCUT2D eigenvalue weighted by Gasteiger charge is -2.31. The Morgan fingerprint density at radius 2 is 2.06 bits per heavy atom. The summed E-state index contributed by atoms with van der Waals surface area (Å²) in [6, 6.07) is 0.405. The Labute approximate surface area is 106 Å². The maximum atomic E-state index is 9.41. The van der Waals surface area contributed by atoms with Crippen molar-refractivity contribution in [3.8, 4) is 0 Å². The molecular weight excluding hydrogens is 214 g/mol. The van der Waals surface area contributed by atoms with E-state index in [1.54, 1.807) is 0 Å². The molecule has 0 aliphatic heterocycles. The zero-order valence-electron chi connectivity index (χ0n) is 11.7. The minimum absolute atomic E-state index is 0.159. The highest BCUT2D eigenvalue weighted by atomic mass is 16.5. The van der Waals surface area contributed by atoms with Gasteiger partial charge in [0.2, 0.25) is 0 Å². The van der Waals surface area contributed by atoms with Crippen molar-refractivity contribution in [2.45, 2.75) is 64.5 Å². The summed E-state index contributed by atoms with van der Waals surface area (Å²) < 4.78 is 5.62. The molecule has 0 radical (unpaired) electrons. The fourth-order valence-corrected chi connectivity index (χ4v) is 2.22. The van der Waals surface area contributed by atoms with Crippen molar-refractivity contribution in [2.75, 3.05) is 19.8 Å². The van der Waals surface area contributed by atoms with Gasteiger partial charge >= 0.3 is 0 Å². The third-order valence-electron chi connectivity index (χ3n) is 3.37. The molecule has 1 aliphatic carbocycles. The molecule has 0 aromatic heterocycles. The number of ether oxygens (including phenoxy) is 1. The molecule has 0 heterocycles. The van der Waals surface area contributed by atoms with E-state index in [0.717, 1.165) is 32.0 Å². The molecular formula is C14H29NO2. The summed E-state index contributed by atoms with van der Waals surface area (Å²) in [5, 5.41) is 12.8. The summed E-state index contributed by atoms with van der Waals surface area (Å²) in [5.74, 6) is 0.959. The molecule has 1 aliphatic rings. The number of nitrogens with one attached hydrogen (secondary N) is 1. The second-order valence-corrected chi connectivity index (χ2v) is 5.97. The van der Waals surface area contributed by atoms with Gasteiger partial charge in [0.15, 0.2) is 0 Å². The molecule has 0 aromatic rings. The van der Waals surface area contributed by atoms with Gasteiger partial charge in [-0.15, -0.1) is 0 Å². The van der Waals surface area contributed by atoms with Gasteiger partial charge in [0.05, 0.1) is 6.61 Å². The van der Waals surface area contributed by atoms with Gasteiger partial charge < -0.3 is 15.2 Å². The molecule has 1 unspecified atom stereocenters. The van der Waals surface area contributed by atoms with Crippen molar-refractivity contribution < 1.29 is 9.84 Å². The Morgan fingerprint density at radius 1 is 1.35 bits per heavy atom. The van der Waals surface area contributed by atoms with Crippen LogP contribution in [0.25, 0.3) is 0 Å². The lowest BCUT2D eigenvalue weighted by Crippen LogP contribution is -2.49. The Hall–Kier alpha value is -0.120. The van der Waals surface area contributed by atoms with Crippen LogP contribution in [-0.2, 0) is 4.74 Å². The molecule has 2 N–H and O–H groups in total. The largest absolute Gasteiger partial charge is 0.394 e. The van der Waals surface area contributed by atoms with Crippen LogP contribution < -0.4 is 5.32 Å². The summed E-state index contributed by atoms with van der Waals surface area (Å²) in [6.07, 6.45) is 6.03. The van der Waals surface area contributed by atoms with Gasteiger partial charge in [0.1, 0.15) is 0 Å². The Bertz CT molecular complexity index is 204. The first-order valence-corrected chi connectivity index (χ1v) is 7.02. The van der Waals surface area contributed by atoms with Crippen molar-refractivity contribution in [3.63, 3.8) is 0 Å². The zero-order chi connectivity index (χ0) is 12.7. The monoisotopic (exact) mass is 243 g/mol. The summed E-state index contributed by atoms with van der Waals surface area (Å²) in [4.78, 5) is 0. The first kappa shape index (κ1) is 14.9. The van der Waals surface area contributed by atoms with E-state index in [0.29, 0.717) is 6.04 Å². The predicted molar refractivity (Wildman–Crippen MR) is 71.2 cm³/mol. The van der Waals surface area contributed by atoms with Crippen molar-refractivity contribution in [3.05, 3.63) is 0 Å². The van der Waals surface area contributed by atoms with Gasteiger partial charge in [0, 0.05) is 24.8 Å².